The van der Waals surface area contributed by atoms with Gasteiger partial charge < -0.3 is 20.7 Å². The third-order valence-electron chi connectivity index (χ3n) is 6.14. The highest BCUT2D eigenvalue weighted by atomic mass is 19.4. The summed E-state index contributed by atoms with van der Waals surface area (Å²) in [7, 11) is 0. The molecule has 0 atom stereocenters. The molecule has 3 aromatic heterocycles. The number of benzene rings is 1. The fourth-order valence-corrected chi connectivity index (χ4v) is 4.17. The topological polar surface area (TPSA) is 144 Å². The Balaban J connectivity index is 1.26. The van der Waals surface area contributed by atoms with Crippen LogP contribution in [0, 0.1) is 5.82 Å². The number of nitrogens with zero attached hydrogens (tertiary/aromatic N) is 7. The number of rotatable bonds is 7. The Bertz CT molecular complexity index is 1590. The molecule has 1 amide bonds. The molecule has 4 heterocycles. The number of nitrogens with two attached hydrogens (primary N) is 1. The van der Waals surface area contributed by atoms with Crippen molar-refractivity contribution in [2.45, 2.75) is 12.6 Å². The molecule has 0 bridgehead atoms. The van der Waals surface area contributed by atoms with Crippen LogP contribution in [0.5, 0.6) is 0 Å². The Hall–Kier alpha value is -5.05. The van der Waals surface area contributed by atoms with Gasteiger partial charge in [-0.25, -0.2) is 29.3 Å². The summed E-state index contributed by atoms with van der Waals surface area (Å²) in [6.45, 7) is 1.85. The van der Waals surface area contributed by atoms with Crippen molar-refractivity contribution in [2.75, 3.05) is 36.5 Å². The van der Waals surface area contributed by atoms with E-state index < -0.39 is 23.5 Å². The number of hydrogen-bond acceptors (Lipinski definition) is 9. The second-order valence-corrected chi connectivity index (χ2v) is 9.08. The predicted molar refractivity (Wildman–Crippen MR) is 145 cm³/mol. The molecule has 3 N–H and O–H groups in total. The fraction of sp³-hybridized carbons (Fsp3) is 0.222. The van der Waals surface area contributed by atoms with Gasteiger partial charge in [0.2, 0.25) is 0 Å². The van der Waals surface area contributed by atoms with Gasteiger partial charge in [0.05, 0.1) is 43.3 Å². The molecule has 1 aliphatic rings. The quantitative estimate of drug-likeness (QED) is 0.188. The number of amidine groups is 1. The zero-order chi connectivity index (χ0) is 29.7. The molecule has 15 heteroatoms. The van der Waals surface area contributed by atoms with E-state index >= 15 is 0 Å². The molecule has 0 radical (unpaired) electrons. The highest BCUT2D eigenvalue weighted by Gasteiger charge is 2.34. The SMILES string of the molecule is NC(Cc1ncc(F)c(N2CCOCC2)n1)=NC(=O)c1ccc(Nc2ccc(-c3cncnc3)c(C(F)(F)F)c2)cn1. The van der Waals surface area contributed by atoms with Crippen LogP contribution in [0.25, 0.3) is 11.1 Å². The van der Waals surface area contributed by atoms with E-state index in [2.05, 4.69) is 35.2 Å². The molecule has 11 nitrogen and oxygen atoms in total. The Morgan fingerprint density at radius 2 is 1.76 bits per heavy atom. The van der Waals surface area contributed by atoms with Crippen molar-refractivity contribution in [1.29, 1.82) is 0 Å². The first kappa shape index (κ1) is 28.5. The van der Waals surface area contributed by atoms with E-state index in [1.807, 2.05) is 0 Å². The minimum Gasteiger partial charge on any atom is -0.387 e. The summed E-state index contributed by atoms with van der Waals surface area (Å²) in [4.78, 5) is 37.9. The summed E-state index contributed by atoms with van der Waals surface area (Å²) in [5, 5.41) is 2.85. The minimum atomic E-state index is -4.63. The number of aromatic nitrogens is 5. The number of morpholine rings is 1. The normalized spacial score (nSPS) is 14.1. The third kappa shape index (κ3) is 6.80. The van der Waals surface area contributed by atoms with Gasteiger partial charge >= 0.3 is 6.18 Å². The summed E-state index contributed by atoms with van der Waals surface area (Å²) in [5.74, 6) is -1.13. The molecule has 216 valence electrons. The Labute approximate surface area is 236 Å². The first-order valence-electron chi connectivity index (χ1n) is 12.6. The second kappa shape index (κ2) is 12.2. The number of amides is 1. The molecular formula is C27H23F4N9O2. The number of aliphatic imine (C=N–C) groups is 1. The van der Waals surface area contributed by atoms with Gasteiger partial charge in [-0.05, 0) is 29.8 Å². The highest BCUT2D eigenvalue weighted by molar-refractivity contribution is 6.02. The van der Waals surface area contributed by atoms with Gasteiger partial charge in [-0.3, -0.25) is 4.79 Å². The highest BCUT2D eigenvalue weighted by Crippen LogP contribution is 2.38. The number of anilines is 3. The number of carbonyl (C=O) groups excluding carboxylic acids is 1. The number of hydrogen-bond donors (Lipinski definition) is 2. The van der Waals surface area contributed by atoms with E-state index in [4.69, 9.17) is 10.5 Å². The Morgan fingerprint density at radius 1 is 1.02 bits per heavy atom. The van der Waals surface area contributed by atoms with Crippen molar-refractivity contribution >= 4 is 28.9 Å². The molecule has 0 aliphatic carbocycles. The lowest BCUT2D eigenvalue weighted by Gasteiger charge is -2.28. The number of carbonyl (C=O) groups is 1. The molecular weight excluding hydrogens is 558 g/mol. The first-order valence-corrected chi connectivity index (χ1v) is 12.6. The van der Waals surface area contributed by atoms with E-state index in [0.717, 1.165) is 12.3 Å². The largest absolute Gasteiger partial charge is 0.417 e. The molecule has 0 saturated carbocycles. The maximum atomic E-state index is 14.3. The van der Waals surface area contributed by atoms with E-state index in [1.54, 1.807) is 4.90 Å². The lowest BCUT2D eigenvalue weighted by molar-refractivity contribution is -0.137. The van der Waals surface area contributed by atoms with Crippen LogP contribution >= 0.6 is 0 Å². The van der Waals surface area contributed by atoms with Gasteiger partial charge in [0, 0.05) is 36.7 Å². The molecule has 1 fully saturated rings. The number of ether oxygens (including phenoxy) is 1. The maximum Gasteiger partial charge on any atom is 0.417 e. The van der Waals surface area contributed by atoms with E-state index in [-0.39, 0.29) is 46.4 Å². The molecule has 1 aromatic carbocycles. The monoisotopic (exact) mass is 581 g/mol. The Kier molecular flexibility index (Phi) is 8.28. The number of halogens is 4. The lowest BCUT2D eigenvalue weighted by Crippen LogP contribution is -2.37. The van der Waals surface area contributed by atoms with E-state index in [0.29, 0.717) is 32.0 Å². The molecule has 5 rings (SSSR count). The molecule has 0 spiro atoms. The van der Waals surface area contributed by atoms with Crippen LogP contribution in [0.15, 0.2) is 66.4 Å². The van der Waals surface area contributed by atoms with Gasteiger partial charge in [-0.2, -0.15) is 18.2 Å². The average Bonchev–Trinajstić information content (AvgIpc) is 2.99. The van der Waals surface area contributed by atoms with Gasteiger partial charge in [-0.1, -0.05) is 6.07 Å². The minimum absolute atomic E-state index is 0.0482. The molecule has 0 unspecified atom stereocenters. The van der Waals surface area contributed by atoms with Crippen LogP contribution in [0.2, 0.25) is 0 Å². The van der Waals surface area contributed by atoms with Crippen LogP contribution in [-0.2, 0) is 17.3 Å². The van der Waals surface area contributed by atoms with Crippen molar-refractivity contribution < 1.29 is 27.1 Å². The third-order valence-corrected chi connectivity index (χ3v) is 6.14. The van der Waals surface area contributed by atoms with Gasteiger partial charge in [-0.15, -0.1) is 0 Å². The second-order valence-electron chi connectivity index (χ2n) is 9.08. The van der Waals surface area contributed by atoms with Gasteiger partial charge in [0.1, 0.15) is 23.7 Å². The van der Waals surface area contributed by atoms with Crippen molar-refractivity contribution in [2.24, 2.45) is 10.7 Å². The average molecular weight is 582 g/mol. The molecule has 42 heavy (non-hydrogen) atoms. The van der Waals surface area contributed by atoms with Gasteiger partial charge in [0.15, 0.2) is 11.6 Å². The first-order chi connectivity index (χ1) is 20.2. The zero-order valence-corrected chi connectivity index (χ0v) is 21.8. The maximum absolute atomic E-state index is 14.3. The van der Waals surface area contributed by atoms with Crippen LogP contribution in [0.1, 0.15) is 21.9 Å². The summed E-state index contributed by atoms with van der Waals surface area (Å²) < 4.78 is 60.9. The number of pyridine rings is 1. The van der Waals surface area contributed by atoms with Crippen LogP contribution in [0.4, 0.5) is 34.8 Å². The Morgan fingerprint density at radius 3 is 2.45 bits per heavy atom. The zero-order valence-electron chi connectivity index (χ0n) is 21.8. The number of alkyl halides is 3. The van der Waals surface area contributed by atoms with Crippen LogP contribution < -0.4 is 16.0 Å². The summed E-state index contributed by atoms with van der Waals surface area (Å²) >= 11 is 0. The van der Waals surface area contributed by atoms with Crippen LogP contribution in [-0.4, -0.2) is 63.0 Å². The summed E-state index contributed by atoms with van der Waals surface area (Å²) in [5.41, 5.74) is 5.67. The summed E-state index contributed by atoms with van der Waals surface area (Å²) in [6, 6.07) is 6.59. The molecule has 1 aliphatic heterocycles. The fourth-order valence-electron chi connectivity index (χ4n) is 4.17. The molecule has 1 saturated heterocycles. The van der Waals surface area contributed by atoms with E-state index in [9.17, 15) is 22.4 Å². The predicted octanol–water partition coefficient (Wildman–Crippen LogP) is 3.81. The summed E-state index contributed by atoms with van der Waals surface area (Å²) in [6.07, 6.45) is 1.42. The molecule has 4 aromatic rings. The van der Waals surface area contributed by atoms with Gasteiger partial charge in [0.25, 0.3) is 5.91 Å². The van der Waals surface area contributed by atoms with Crippen molar-refractivity contribution in [3.8, 4) is 11.1 Å². The lowest BCUT2D eigenvalue weighted by atomic mass is 10.0. The van der Waals surface area contributed by atoms with E-state index in [1.165, 1.54) is 49.2 Å². The number of nitrogens with one attached hydrogen (secondary N) is 1. The van der Waals surface area contributed by atoms with Crippen LogP contribution in [0.3, 0.4) is 0 Å². The van der Waals surface area contributed by atoms with Crippen molar-refractivity contribution in [1.82, 2.24) is 24.9 Å². The van der Waals surface area contributed by atoms with Crippen molar-refractivity contribution in [3.63, 3.8) is 0 Å². The van der Waals surface area contributed by atoms with Crippen molar-refractivity contribution in [3.05, 3.63) is 84.3 Å². The standard InChI is InChI=1S/C27H23F4N9O2/c28-21-14-36-24(39-25(21)40-5-7-42-8-6-40)10-23(32)38-26(41)22-4-2-18(13-35-22)37-17-1-3-19(16-11-33-15-34-12-16)20(9-17)27(29,30)31/h1-4,9,11-15,37H,5-8,10H2,(H2,32,38,41). The smallest absolute Gasteiger partial charge is 0.387 e.